The Hall–Kier alpha value is -1.51. The minimum absolute atomic E-state index is 0.0429. The van der Waals surface area contributed by atoms with Gasteiger partial charge in [-0.3, -0.25) is 4.79 Å². The topological polar surface area (TPSA) is 83.5 Å². The number of hydrogen-bond acceptors (Lipinski definition) is 7. The van der Waals surface area contributed by atoms with Crippen LogP contribution in [0.4, 0.5) is 0 Å². The Morgan fingerprint density at radius 2 is 1.77 bits per heavy atom. The summed E-state index contributed by atoms with van der Waals surface area (Å²) in [6, 6.07) is 0. The summed E-state index contributed by atoms with van der Waals surface area (Å²) in [4.78, 5) is 11.4. The van der Waals surface area contributed by atoms with Crippen LogP contribution in [0.25, 0.3) is 0 Å². The summed E-state index contributed by atoms with van der Waals surface area (Å²) in [5, 5.41) is 11.1. The highest BCUT2D eigenvalue weighted by Gasteiger charge is 2.42. The summed E-state index contributed by atoms with van der Waals surface area (Å²) in [6.45, 7) is 7.98. The molecule has 0 radical (unpaired) electrons. The van der Waals surface area contributed by atoms with Gasteiger partial charge in [0, 0.05) is 32.0 Å². The molecule has 228 valence electrons. The maximum Gasteiger partial charge on any atom is 0.305 e. The molecule has 2 saturated heterocycles. The highest BCUT2D eigenvalue weighted by Crippen LogP contribution is 2.40. The average Bonchev–Trinajstić information content (AvgIpc) is 3.25. The van der Waals surface area contributed by atoms with Gasteiger partial charge in [-0.25, -0.2) is 0 Å². The summed E-state index contributed by atoms with van der Waals surface area (Å²) in [5.74, 6) is 0.205. The second-order valence-corrected chi connectivity index (χ2v) is 12.0. The Morgan fingerprint density at radius 1 is 1.05 bits per heavy atom. The predicted octanol–water partition coefficient (Wildman–Crippen LogP) is 6.65. The van der Waals surface area contributed by atoms with Crippen molar-refractivity contribution in [3.63, 3.8) is 0 Å². The van der Waals surface area contributed by atoms with Gasteiger partial charge in [-0.2, -0.15) is 0 Å². The van der Waals surface area contributed by atoms with Crippen LogP contribution in [0.1, 0.15) is 97.8 Å². The molecule has 0 aromatic carbocycles. The van der Waals surface area contributed by atoms with E-state index in [2.05, 4.69) is 51.2 Å². The summed E-state index contributed by atoms with van der Waals surface area (Å²) < 4.78 is 29.6. The first-order valence-corrected chi connectivity index (χ1v) is 15.6. The molecule has 3 unspecified atom stereocenters. The molecular formula is C33H54O7. The number of aliphatic hydroxyl groups excluding tert-OH is 1. The molecule has 1 aliphatic carbocycles. The molecule has 0 aromatic rings. The van der Waals surface area contributed by atoms with E-state index in [-0.39, 0.29) is 48.5 Å². The fraction of sp³-hybridized carbons (Fsp3) is 0.788. The van der Waals surface area contributed by atoms with Crippen molar-refractivity contribution in [2.45, 2.75) is 129 Å². The van der Waals surface area contributed by atoms with Crippen LogP contribution < -0.4 is 0 Å². The van der Waals surface area contributed by atoms with E-state index in [1.54, 1.807) is 0 Å². The molecule has 1 saturated carbocycles. The van der Waals surface area contributed by atoms with Gasteiger partial charge in [-0.05, 0) is 89.9 Å². The zero-order chi connectivity index (χ0) is 28.7. The van der Waals surface area contributed by atoms with Gasteiger partial charge in [0.15, 0.2) is 12.6 Å². The third-order valence-electron chi connectivity index (χ3n) is 8.34. The van der Waals surface area contributed by atoms with Gasteiger partial charge in [0.2, 0.25) is 0 Å². The second kappa shape index (κ2) is 18.1. The molecule has 8 atom stereocenters. The van der Waals surface area contributed by atoms with Crippen LogP contribution >= 0.6 is 0 Å². The number of unbranched alkanes of at least 4 members (excludes halogenated alkanes) is 1. The SMILES string of the molecule is COC(=O)CCC/C=C\C[C@@H]1[C@@H](/C=C/[C@H](OC2CCCCO2)C(C)CC=C(C)C)[C@H](OC2CCCCO2)C[C@H]1O. The maximum atomic E-state index is 11.4. The molecule has 3 fully saturated rings. The average molecular weight is 563 g/mol. The Labute approximate surface area is 242 Å². The molecular weight excluding hydrogens is 508 g/mol. The van der Waals surface area contributed by atoms with Gasteiger partial charge in [-0.15, -0.1) is 0 Å². The summed E-state index contributed by atoms with van der Waals surface area (Å²) >= 11 is 0. The third-order valence-corrected chi connectivity index (χ3v) is 8.34. The lowest BCUT2D eigenvalue weighted by Gasteiger charge is -2.31. The van der Waals surface area contributed by atoms with E-state index in [0.717, 1.165) is 77.4 Å². The van der Waals surface area contributed by atoms with Crippen LogP contribution in [0, 0.1) is 17.8 Å². The van der Waals surface area contributed by atoms with Crippen molar-refractivity contribution in [2.24, 2.45) is 17.8 Å². The largest absolute Gasteiger partial charge is 0.469 e. The summed E-state index contributed by atoms with van der Waals surface area (Å²) in [7, 11) is 1.42. The number of carbonyl (C=O) groups excluding carboxylic acids is 1. The zero-order valence-electron chi connectivity index (χ0n) is 25.3. The van der Waals surface area contributed by atoms with E-state index in [4.69, 9.17) is 23.7 Å². The van der Waals surface area contributed by atoms with Gasteiger partial charge in [0.05, 0.1) is 25.4 Å². The molecule has 7 nitrogen and oxygen atoms in total. The molecule has 3 aliphatic rings. The fourth-order valence-corrected chi connectivity index (χ4v) is 5.84. The van der Waals surface area contributed by atoms with Crippen molar-refractivity contribution in [1.82, 2.24) is 0 Å². The van der Waals surface area contributed by atoms with Gasteiger partial charge < -0.3 is 28.8 Å². The van der Waals surface area contributed by atoms with Crippen LogP contribution in [-0.2, 0) is 28.5 Å². The third kappa shape index (κ3) is 11.4. The van der Waals surface area contributed by atoms with Crippen molar-refractivity contribution in [3.8, 4) is 0 Å². The maximum absolute atomic E-state index is 11.4. The molecule has 0 bridgehead atoms. The molecule has 0 spiro atoms. The molecule has 7 heteroatoms. The van der Waals surface area contributed by atoms with Crippen LogP contribution in [-0.4, -0.2) is 62.3 Å². The number of methoxy groups -OCH3 is 1. The van der Waals surface area contributed by atoms with Crippen molar-refractivity contribution in [3.05, 3.63) is 36.0 Å². The smallest absolute Gasteiger partial charge is 0.305 e. The van der Waals surface area contributed by atoms with E-state index in [1.807, 2.05) is 0 Å². The Balaban J connectivity index is 1.72. The molecule has 2 aliphatic heterocycles. The highest BCUT2D eigenvalue weighted by atomic mass is 16.7. The van der Waals surface area contributed by atoms with Gasteiger partial charge in [0.25, 0.3) is 0 Å². The first-order chi connectivity index (χ1) is 19.4. The molecule has 1 N–H and O–H groups in total. The summed E-state index contributed by atoms with van der Waals surface area (Å²) in [6.07, 6.45) is 20.5. The van der Waals surface area contributed by atoms with E-state index in [0.29, 0.717) is 12.8 Å². The Kier molecular flexibility index (Phi) is 14.9. The number of carbonyl (C=O) groups is 1. The lowest BCUT2D eigenvalue weighted by atomic mass is 9.88. The number of hydrogen-bond donors (Lipinski definition) is 1. The first-order valence-electron chi connectivity index (χ1n) is 15.6. The second-order valence-electron chi connectivity index (χ2n) is 12.0. The van der Waals surface area contributed by atoms with E-state index >= 15 is 0 Å². The Morgan fingerprint density at radius 3 is 2.42 bits per heavy atom. The predicted molar refractivity (Wildman–Crippen MR) is 157 cm³/mol. The molecule has 0 amide bonds. The van der Waals surface area contributed by atoms with Gasteiger partial charge in [0.1, 0.15) is 0 Å². The molecule has 0 aromatic heterocycles. The minimum atomic E-state index is -0.452. The van der Waals surface area contributed by atoms with Gasteiger partial charge in [-0.1, -0.05) is 42.9 Å². The van der Waals surface area contributed by atoms with E-state index in [9.17, 15) is 9.90 Å². The van der Waals surface area contributed by atoms with E-state index < -0.39 is 6.10 Å². The number of ether oxygens (including phenoxy) is 5. The van der Waals surface area contributed by atoms with E-state index in [1.165, 1.54) is 12.7 Å². The van der Waals surface area contributed by atoms with Crippen LogP contribution in [0.3, 0.4) is 0 Å². The highest BCUT2D eigenvalue weighted by molar-refractivity contribution is 5.69. The van der Waals surface area contributed by atoms with Crippen LogP contribution in [0.2, 0.25) is 0 Å². The normalized spacial score (nSPS) is 30.9. The Bertz CT molecular complexity index is 806. The quantitative estimate of drug-likeness (QED) is 0.136. The minimum Gasteiger partial charge on any atom is -0.469 e. The van der Waals surface area contributed by atoms with Crippen molar-refractivity contribution in [1.29, 1.82) is 0 Å². The van der Waals surface area contributed by atoms with Crippen LogP contribution in [0.5, 0.6) is 0 Å². The lowest BCUT2D eigenvalue weighted by Crippen LogP contribution is -2.32. The number of rotatable bonds is 15. The summed E-state index contributed by atoms with van der Waals surface area (Å²) in [5.41, 5.74) is 1.31. The number of esters is 1. The molecule has 3 rings (SSSR count). The van der Waals surface area contributed by atoms with Crippen molar-refractivity contribution < 1.29 is 33.6 Å². The van der Waals surface area contributed by atoms with Crippen LogP contribution in [0.15, 0.2) is 36.0 Å². The number of allylic oxidation sites excluding steroid dienone is 4. The molecule has 2 heterocycles. The zero-order valence-corrected chi connectivity index (χ0v) is 25.3. The first kappa shape index (κ1) is 33.0. The fourth-order valence-electron chi connectivity index (χ4n) is 5.84. The lowest BCUT2D eigenvalue weighted by molar-refractivity contribution is -0.193. The van der Waals surface area contributed by atoms with Crippen molar-refractivity contribution >= 4 is 5.97 Å². The van der Waals surface area contributed by atoms with Crippen molar-refractivity contribution in [2.75, 3.05) is 20.3 Å². The standard InChI is InChI=1S/C33H54O7/c1-24(2)17-18-25(3)29(39-32-15-9-11-21-37-32)20-19-27-26(13-7-5-6-8-14-31(35)36-4)28(34)23-30(27)40-33-16-10-12-22-38-33/h5,7,17,19-20,25-30,32-34H,6,8-16,18,21-23H2,1-4H3/b7-5-,20-19+/t25?,26-,27-,28-,29+,30-,32?,33?/m1/s1. The molecule has 40 heavy (non-hydrogen) atoms. The van der Waals surface area contributed by atoms with Gasteiger partial charge >= 0.3 is 5.97 Å². The number of aliphatic hydroxyl groups is 1. The monoisotopic (exact) mass is 562 g/mol.